The number of rotatable bonds is 8. The summed E-state index contributed by atoms with van der Waals surface area (Å²) in [6.07, 6.45) is 1.61. The summed E-state index contributed by atoms with van der Waals surface area (Å²) in [6.45, 7) is 5.09. The largest absolute Gasteiger partial charge is 0.493 e. The highest BCUT2D eigenvalue weighted by molar-refractivity contribution is 7.80. The fourth-order valence-corrected chi connectivity index (χ4v) is 3.50. The number of morpholine rings is 1. The normalized spacial score (nSPS) is 14.4. The van der Waals surface area contributed by atoms with E-state index in [4.69, 9.17) is 26.4 Å². The highest BCUT2D eigenvalue weighted by Crippen LogP contribution is 2.28. The Labute approximate surface area is 184 Å². The average molecular weight is 449 g/mol. The van der Waals surface area contributed by atoms with Gasteiger partial charge in [0.15, 0.2) is 16.6 Å². The van der Waals surface area contributed by atoms with Crippen molar-refractivity contribution < 1.29 is 19.0 Å². The molecule has 0 bridgehead atoms. The molecule has 2 heterocycles. The van der Waals surface area contributed by atoms with E-state index >= 15 is 0 Å². The van der Waals surface area contributed by atoms with Crippen LogP contribution in [0.1, 0.15) is 15.2 Å². The highest BCUT2D eigenvalue weighted by atomic mass is 32.1. The van der Waals surface area contributed by atoms with E-state index in [1.165, 1.54) is 18.4 Å². The van der Waals surface area contributed by atoms with Gasteiger partial charge in [0.05, 0.1) is 26.5 Å². The van der Waals surface area contributed by atoms with Crippen molar-refractivity contribution in [2.75, 3.05) is 46.5 Å². The molecule has 1 aromatic heterocycles. The summed E-state index contributed by atoms with van der Waals surface area (Å²) in [4.78, 5) is 15.0. The molecule has 1 fully saturated rings. The summed E-state index contributed by atoms with van der Waals surface area (Å²) in [5.41, 5.74) is 3.56. The number of hydrogen-bond donors (Lipinski definition) is 2. The van der Waals surface area contributed by atoms with Gasteiger partial charge in [0, 0.05) is 26.2 Å². The lowest BCUT2D eigenvalue weighted by Gasteiger charge is -2.26. The van der Waals surface area contributed by atoms with E-state index in [0.29, 0.717) is 21.5 Å². The molecule has 0 amide bonds. The molecule has 10 heteroatoms. The molecule has 160 valence electrons. The number of ether oxygens (including phenoxy) is 3. The minimum Gasteiger partial charge on any atom is -0.493 e. The molecule has 1 saturated heterocycles. The lowest BCUT2D eigenvalue weighted by molar-refractivity contribution is 0.0389. The summed E-state index contributed by atoms with van der Waals surface area (Å²) in [7, 11) is 1.52. The predicted octanol–water partition coefficient (Wildman–Crippen LogP) is 2.11. The number of hydrogen-bond acceptors (Lipinski definition) is 8. The number of thiophene rings is 1. The molecular weight excluding hydrogens is 424 g/mol. The van der Waals surface area contributed by atoms with Crippen molar-refractivity contribution in [3.8, 4) is 11.5 Å². The van der Waals surface area contributed by atoms with Gasteiger partial charge in [0.1, 0.15) is 4.88 Å². The Morgan fingerprint density at radius 1 is 1.33 bits per heavy atom. The van der Waals surface area contributed by atoms with Crippen molar-refractivity contribution in [3.63, 3.8) is 0 Å². The first-order valence-electron chi connectivity index (χ1n) is 9.46. The van der Waals surface area contributed by atoms with Crippen molar-refractivity contribution in [1.82, 2.24) is 15.6 Å². The Morgan fingerprint density at radius 3 is 2.90 bits per heavy atom. The Balaban J connectivity index is 1.46. The summed E-state index contributed by atoms with van der Waals surface area (Å²) < 4.78 is 16.1. The second kappa shape index (κ2) is 11.6. The molecule has 3 rings (SSSR count). The Kier molecular flexibility index (Phi) is 8.57. The first kappa shape index (κ1) is 22.2. The number of carbonyl (C=O) groups excluding carboxylic acids is 1. The fraction of sp³-hybridized carbons (Fsp3) is 0.350. The van der Waals surface area contributed by atoms with Gasteiger partial charge in [-0.3, -0.25) is 10.3 Å². The van der Waals surface area contributed by atoms with Gasteiger partial charge in [-0.1, -0.05) is 6.07 Å². The zero-order chi connectivity index (χ0) is 21.2. The second-order valence-corrected chi connectivity index (χ2v) is 7.71. The fourth-order valence-electron chi connectivity index (χ4n) is 2.75. The van der Waals surface area contributed by atoms with Crippen LogP contribution >= 0.6 is 23.6 Å². The van der Waals surface area contributed by atoms with E-state index in [1.807, 2.05) is 5.38 Å². The van der Waals surface area contributed by atoms with Crippen LogP contribution in [-0.2, 0) is 4.74 Å². The molecular formula is C20H24N4O4S2. The van der Waals surface area contributed by atoms with Crippen LogP contribution in [-0.4, -0.2) is 68.7 Å². The second-order valence-electron chi connectivity index (χ2n) is 6.36. The van der Waals surface area contributed by atoms with Crippen LogP contribution in [0.2, 0.25) is 0 Å². The Bertz CT molecular complexity index is 868. The van der Waals surface area contributed by atoms with Crippen molar-refractivity contribution in [1.29, 1.82) is 0 Å². The maximum Gasteiger partial charge on any atom is 0.353 e. The zero-order valence-corrected chi connectivity index (χ0v) is 18.3. The highest BCUT2D eigenvalue weighted by Gasteiger charge is 2.13. The molecule has 0 aliphatic carbocycles. The summed E-state index contributed by atoms with van der Waals surface area (Å²) in [5.74, 6) is 0.372. The first-order valence-corrected chi connectivity index (χ1v) is 10.8. The van der Waals surface area contributed by atoms with Crippen LogP contribution in [0, 0.1) is 0 Å². The number of methoxy groups -OCH3 is 1. The third kappa shape index (κ3) is 6.77. The number of thiocarbonyl (C=S) groups is 1. The maximum absolute atomic E-state index is 12.1. The molecule has 0 saturated carbocycles. The predicted molar refractivity (Wildman–Crippen MR) is 121 cm³/mol. The Morgan fingerprint density at radius 2 is 2.17 bits per heavy atom. The number of benzene rings is 1. The van der Waals surface area contributed by atoms with E-state index in [2.05, 4.69) is 20.7 Å². The lowest BCUT2D eigenvalue weighted by atomic mass is 10.2. The van der Waals surface area contributed by atoms with Gasteiger partial charge < -0.3 is 19.5 Å². The van der Waals surface area contributed by atoms with E-state index < -0.39 is 5.97 Å². The molecule has 30 heavy (non-hydrogen) atoms. The lowest BCUT2D eigenvalue weighted by Crippen LogP contribution is -2.42. The van der Waals surface area contributed by atoms with Crippen LogP contribution in [0.15, 0.2) is 40.8 Å². The van der Waals surface area contributed by atoms with Crippen LogP contribution in [0.4, 0.5) is 0 Å². The van der Waals surface area contributed by atoms with Gasteiger partial charge in [-0.25, -0.2) is 4.79 Å². The standard InChI is InChI=1S/C20H24N4O4S2/c1-26-17-13-15(4-5-16(17)28-19(25)18-3-2-12-30-18)14-22-23-20(29)21-6-7-24-8-10-27-11-9-24/h2-5,12-14H,6-11H2,1H3,(H2,21,23,29)/b22-14+. The molecule has 2 N–H and O–H groups in total. The summed E-state index contributed by atoms with van der Waals surface area (Å²) in [5, 5.41) is 9.54. The van der Waals surface area contributed by atoms with E-state index in [1.54, 1.807) is 36.5 Å². The number of hydrazone groups is 1. The van der Waals surface area contributed by atoms with Crippen molar-refractivity contribution in [2.24, 2.45) is 5.10 Å². The number of nitrogens with zero attached hydrogens (tertiary/aromatic N) is 2. The van der Waals surface area contributed by atoms with Crippen molar-refractivity contribution in [2.45, 2.75) is 0 Å². The minimum atomic E-state index is -0.417. The minimum absolute atomic E-state index is 0.348. The molecule has 0 unspecified atom stereocenters. The number of nitrogens with one attached hydrogen (secondary N) is 2. The van der Waals surface area contributed by atoms with Crippen molar-refractivity contribution in [3.05, 3.63) is 46.2 Å². The van der Waals surface area contributed by atoms with Gasteiger partial charge in [0.25, 0.3) is 0 Å². The molecule has 8 nitrogen and oxygen atoms in total. The quantitative estimate of drug-likeness (QED) is 0.209. The maximum atomic E-state index is 12.1. The molecule has 1 aliphatic rings. The van der Waals surface area contributed by atoms with E-state index in [-0.39, 0.29) is 0 Å². The SMILES string of the molecule is COc1cc(/C=N/NC(=S)NCCN2CCOCC2)ccc1OC(=O)c1cccs1. The van der Waals surface area contributed by atoms with Gasteiger partial charge >= 0.3 is 5.97 Å². The van der Waals surface area contributed by atoms with E-state index in [0.717, 1.165) is 45.0 Å². The third-order valence-electron chi connectivity index (χ3n) is 4.31. The average Bonchev–Trinajstić information content (AvgIpc) is 3.30. The molecule has 0 radical (unpaired) electrons. The Hall–Kier alpha value is -2.53. The zero-order valence-electron chi connectivity index (χ0n) is 16.6. The molecule has 0 atom stereocenters. The molecule has 1 aliphatic heterocycles. The van der Waals surface area contributed by atoms with Gasteiger partial charge in [-0.2, -0.15) is 5.10 Å². The molecule has 1 aromatic carbocycles. The summed E-state index contributed by atoms with van der Waals surface area (Å²) >= 11 is 6.55. The summed E-state index contributed by atoms with van der Waals surface area (Å²) in [6, 6.07) is 8.69. The number of esters is 1. The van der Waals surface area contributed by atoms with Gasteiger partial charge in [0.2, 0.25) is 0 Å². The van der Waals surface area contributed by atoms with Crippen LogP contribution < -0.4 is 20.2 Å². The smallest absolute Gasteiger partial charge is 0.353 e. The topological polar surface area (TPSA) is 84.4 Å². The van der Waals surface area contributed by atoms with Gasteiger partial charge in [-0.15, -0.1) is 11.3 Å². The third-order valence-corrected chi connectivity index (χ3v) is 5.40. The van der Waals surface area contributed by atoms with Crippen molar-refractivity contribution >= 4 is 40.9 Å². The van der Waals surface area contributed by atoms with Crippen LogP contribution in [0.5, 0.6) is 11.5 Å². The van der Waals surface area contributed by atoms with Crippen LogP contribution in [0.25, 0.3) is 0 Å². The molecule has 2 aromatic rings. The van der Waals surface area contributed by atoms with Crippen LogP contribution in [0.3, 0.4) is 0 Å². The number of carbonyl (C=O) groups is 1. The van der Waals surface area contributed by atoms with E-state index in [9.17, 15) is 4.79 Å². The first-order chi connectivity index (χ1) is 14.7. The van der Waals surface area contributed by atoms with Gasteiger partial charge in [-0.05, 0) is 47.4 Å². The monoisotopic (exact) mass is 448 g/mol. The molecule has 0 spiro atoms.